The molecule has 0 bridgehead atoms. The molecule has 2 fully saturated rings. The van der Waals surface area contributed by atoms with E-state index in [0.29, 0.717) is 30.0 Å². The van der Waals surface area contributed by atoms with Gasteiger partial charge in [-0.1, -0.05) is 51.1 Å². The highest BCUT2D eigenvalue weighted by Gasteiger charge is 2.51. The molecule has 34 heavy (non-hydrogen) atoms. The first-order chi connectivity index (χ1) is 15.8. The van der Waals surface area contributed by atoms with Gasteiger partial charge < -0.3 is 15.2 Å². The summed E-state index contributed by atoms with van der Waals surface area (Å²) in [5, 5.41) is 12.6. The number of benzene rings is 1. The van der Waals surface area contributed by atoms with Gasteiger partial charge in [0.2, 0.25) is 0 Å². The number of carboxylic acids is 1. The zero-order valence-corrected chi connectivity index (χ0v) is 20.5. The summed E-state index contributed by atoms with van der Waals surface area (Å²) in [6.07, 6.45) is 2.10. The van der Waals surface area contributed by atoms with Gasteiger partial charge in [0.25, 0.3) is 0 Å². The lowest BCUT2D eigenvalue weighted by Crippen LogP contribution is -2.59. The van der Waals surface area contributed by atoms with Gasteiger partial charge in [0.1, 0.15) is 11.3 Å². The third-order valence-electron chi connectivity index (χ3n) is 7.58. The molecular formula is C27H36F3NO3. The van der Waals surface area contributed by atoms with Crippen LogP contribution in [0.1, 0.15) is 76.5 Å². The molecule has 1 aromatic carbocycles. The van der Waals surface area contributed by atoms with Crippen LogP contribution in [0.5, 0.6) is 5.75 Å². The second-order valence-electron chi connectivity index (χ2n) is 10.5. The second kappa shape index (κ2) is 10.1. The molecule has 0 amide bonds. The van der Waals surface area contributed by atoms with E-state index in [-0.39, 0.29) is 23.5 Å². The molecule has 0 aliphatic heterocycles. The maximum atomic E-state index is 14.3. The van der Waals surface area contributed by atoms with Gasteiger partial charge in [-0.3, -0.25) is 4.79 Å². The van der Waals surface area contributed by atoms with Crippen LogP contribution in [0.2, 0.25) is 0 Å². The number of nitrogens with one attached hydrogen (secondary N) is 1. The zero-order valence-electron chi connectivity index (χ0n) is 20.5. The van der Waals surface area contributed by atoms with Crippen LogP contribution in [0.25, 0.3) is 12.2 Å². The maximum Gasteiger partial charge on any atom is 0.420 e. The summed E-state index contributed by atoms with van der Waals surface area (Å²) in [5.41, 5.74) is -0.0172. The number of hydrogen-bond acceptors (Lipinski definition) is 3. The van der Waals surface area contributed by atoms with Crippen LogP contribution in [0.4, 0.5) is 13.2 Å². The SMILES string of the molecule is C=Cc1ccc(O[C@H]2CC[C@@H](C)CC2)c(C(F)(F)F)c1/C=C(\C)CNC1CC(C(=O)O)C1(C)C. The Hall–Kier alpha value is -2.28. The van der Waals surface area contributed by atoms with Crippen LogP contribution in [0.15, 0.2) is 24.3 Å². The Kier molecular flexibility index (Phi) is 7.85. The topological polar surface area (TPSA) is 58.6 Å². The first kappa shape index (κ1) is 26.3. The van der Waals surface area contributed by atoms with Gasteiger partial charge in [-0.25, -0.2) is 0 Å². The molecule has 2 aliphatic rings. The summed E-state index contributed by atoms with van der Waals surface area (Å²) in [7, 11) is 0. The summed E-state index contributed by atoms with van der Waals surface area (Å²) in [6, 6.07) is 3.02. The molecule has 1 aromatic rings. The van der Waals surface area contributed by atoms with Gasteiger partial charge >= 0.3 is 12.1 Å². The summed E-state index contributed by atoms with van der Waals surface area (Å²) in [6.45, 7) is 11.8. The van der Waals surface area contributed by atoms with Crippen LogP contribution in [0.3, 0.4) is 0 Å². The lowest BCUT2D eigenvalue weighted by Gasteiger charge is -2.50. The molecule has 0 aromatic heterocycles. The maximum absolute atomic E-state index is 14.3. The van der Waals surface area contributed by atoms with Gasteiger partial charge in [0.05, 0.1) is 12.0 Å². The Labute approximate surface area is 200 Å². The normalized spacial score (nSPS) is 27.1. The molecule has 7 heteroatoms. The Morgan fingerprint density at radius 3 is 2.44 bits per heavy atom. The van der Waals surface area contributed by atoms with E-state index in [9.17, 15) is 23.1 Å². The molecule has 2 aliphatic carbocycles. The summed E-state index contributed by atoms with van der Waals surface area (Å²) in [5.74, 6) is -0.792. The quantitative estimate of drug-likeness (QED) is 0.431. The third-order valence-corrected chi connectivity index (χ3v) is 7.58. The molecule has 4 nitrogen and oxygen atoms in total. The fraction of sp³-hybridized carbons (Fsp3) is 0.593. The highest BCUT2D eigenvalue weighted by Crippen LogP contribution is 2.46. The second-order valence-corrected chi connectivity index (χ2v) is 10.5. The van der Waals surface area contributed by atoms with Crippen LogP contribution in [-0.2, 0) is 11.0 Å². The lowest BCUT2D eigenvalue weighted by molar-refractivity contribution is -0.155. The van der Waals surface area contributed by atoms with Crippen molar-refractivity contribution in [2.24, 2.45) is 17.3 Å². The summed E-state index contributed by atoms with van der Waals surface area (Å²) in [4.78, 5) is 11.3. The Morgan fingerprint density at radius 1 is 1.26 bits per heavy atom. The van der Waals surface area contributed by atoms with Crippen LogP contribution in [0, 0.1) is 17.3 Å². The van der Waals surface area contributed by atoms with Crippen molar-refractivity contribution in [1.29, 1.82) is 0 Å². The van der Waals surface area contributed by atoms with Crippen LogP contribution in [-0.4, -0.2) is 29.8 Å². The van der Waals surface area contributed by atoms with E-state index in [1.54, 1.807) is 19.1 Å². The number of halogens is 3. The van der Waals surface area contributed by atoms with Gasteiger partial charge in [0.15, 0.2) is 0 Å². The average Bonchev–Trinajstić information content (AvgIpc) is 2.73. The van der Waals surface area contributed by atoms with E-state index in [2.05, 4.69) is 18.8 Å². The van der Waals surface area contributed by atoms with Crippen molar-refractivity contribution in [3.63, 3.8) is 0 Å². The van der Waals surface area contributed by atoms with Gasteiger partial charge in [-0.15, -0.1) is 0 Å². The van der Waals surface area contributed by atoms with Crippen molar-refractivity contribution in [2.75, 3.05) is 6.54 Å². The van der Waals surface area contributed by atoms with Gasteiger partial charge in [-0.2, -0.15) is 13.2 Å². The summed E-state index contributed by atoms with van der Waals surface area (Å²) >= 11 is 0. The fourth-order valence-corrected chi connectivity index (χ4v) is 5.14. The summed E-state index contributed by atoms with van der Waals surface area (Å²) < 4.78 is 48.7. The molecule has 188 valence electrons. The molecule has 0 saturated heterocycles. The molecule has 3 rings (SSSR count). The fourth-order valence-electron chi connectivity index (χ4n) is 5.14. The number of carbonyl (C=O) groups is 1. The molecular weight excluding hydrogens is 443 g/mol. The van der Waals surface area contributed by atoms with E-state index in [4.69, 9.17) is 4.74 Å². The van der Waals surface area contributed by atoms with Crippen molar-refractivity contribution < 1.29 is 27.8 Å². The van der Waals surface area contributed by atoms with E-state index in [0.717, 1.165) is 25.7 Å². The first-order valence-corrected chi connectivity index (χ1v) is 12.0. The number of carboxylic acid groups (broad SMARTS) is 1. The molecule has 2 saturated carbocycles. The molecule has 0 radical (unpaired) electrons. The zero-order chi connectivity index (χ0) is 25.3. The van der Waals surface area contributed by atoms with E-state index >= 15 is 0 Å². The molecule has 0 spiro atoms. The first-order valence-electron chi connectivity index (χ1n) is 12.0. The van der Waals surface area contributed by atoms with Crippen LogP contribution >= 0.6 is 0 Å². The van der Waals surface area contributed by atoms with Crippen molar-refractivity contribution in [3.8, 4) is 5.75 Å². The van der Waals surface area contributed by atoms with E-state index < -0.39 is 29.0 Å². The van der Waals surface area contributed by atoms with Crippen molar-refractivity contribution >= 4 is 18.1 Å². The van der Waals surface area contributed by atoms with E-state index in [1.807, 2.05) is 13.8 Å². The average molecular weight is 480 g/mol. The molecule has 0 heterocycles. The number of hydrogen-bond donors (Lipinski definition) is 2. The predicted octanol–water partition coefficient (Wildman–Crippen LogP) is 6.80. The number of ether oxygens (including phenoxy) is 1. The van der Waals surface area contributed by atoms with Gasteiger partial charge in [-0.05, 0) is 67.6 Å². The Morgan fingerprint density at radius 2 is 1.91 bits per heavy atom. The smallest absolute Gasteiger partial charge is 0.420 e. The number of aliphatic carboxylic acids is 1. The highest BCUT2D eigenvalue weighted by atomic mass is 19.4. The molecule has 2 unspecified atom stereocenters. The molecule has 2 N–H and O–H groups in total. The van der Waals surface area contributed by atoms with Crippen molar-refractivity contribution in [2.45, 2.75) is 78.1 Å². The minimum atomic E-state index is -4.58. The molecule has 2 atom stereocenters. The minimum absolute atomic E-state index is 0.0127. The third kappa shape index (κ3) is 5.68. The standard InChI is InChI=1S/C27H36F3NO3/c1-6-18-9-12-22(34-19-10-7-16(2)8-11-19)24(27(28,29)30)20(18)13-17(3)15-31-23-14-21(25(32)33)26(23,4)5/h6,9,12-13,16,19,21,23,31H,1,7-8,10-11,14-15H2,2-5H3,(H,32,33)/b17-13+/t16-,19+,21?,23?. The number of alkyl halides is 3. The number of rotatable bonds is 8. The largest absolute Gasteiger partial charge is 0.490 e. The predicted molar refractivity (Wildman–Crippen MR) is 129 cm³/mol. The minimum Gasteiger partial charge on any atom is -0.490 e. The Bertz CT molecular complexity index is 943. The lowest BCUT2D eigenvalue weighted by atomic mass is 9.58. The van der Waals surface area contributed by atoms with E-state index in [1.165, 1.54) is 12.1 Å². The van der Waals surface area contributed by atoms with Gasteiger partial charge in [0, 0.05) is 12.6 Å². The van der Waals surface area contributed by atoms with Crippen molar-refractivity contribution in [3.05, 3.63) is 41.0 Å². The van der Waals surface area contributed by atoms with Crippen molar-refractivity contribution in [1.82, 2.24) is 5.32 Å². The monoisotopic (exact) mass is 479 g/mol. The van der Waals surface area contributed by atoms with Crippen LogP contribution < -0.4 is 10.1 Å². The highest BCUT2D eigenvalue weighted by molar-refractivity contribution is 5.73. The Balaban J connectivity index is 1.84.